The lowest BCUT2D eigenvalue weighted by Crippen LogP contribution is -2.45. The number of hydrogen-bond acceptors (Lipinski definition) is 4. The fourth-order valence-electron chi connectivity index (χ4n) is 1.47. The van der Waals surface area contributed by atoms with Gasteiger partial charge in [0.15, 0.2) is 0 Å². The molecule has 1 aromatic heterocycles. The largest absolute Gasteiger partial charge is 0.480 e. The van der Waals surface area contributed by atoms with Crippen molar-refractivity contribution in [3.05, 3.63) is 24.3 Å². The first-order chi connectivity index (χ1) is 9.13. The Morgan fingerprint density at radius 2 is 2.26 bits per heavy atom. The van der Waals surface area contributed by atoms with Crippen molar-refractivity contribution < 1.29 is 14.7 Å². The molecule has 1 aromatic rings. The molecule has 0 saturated carbocycles. The molecule has 0 aromatic carbocycles. The Balaban J connectivity index is 2.38. The topological polar surface area (TPSA) is 104 Å². The van der Waals surface area contributed by atoms with E-state index in [0.717, 1.165) is 12.8 Å². The van der Waals surface area contributed by atoms with E-state index in [0.29, 0.717) is 12.1 Å². The van der Waals surface area contributed by atoms with Gasteiger partial charge in [0.05, 0.1) is 12.2 Å². The Morgan fingerprint density at radius 1 is 1.47 bits per heavy atom. The van der Waals surface area contributed by atoms with Gasteiger partial charge in [0.1, 0.15) is 12.4 Å². The van der Waals surface area contributed by atoms with Gasteiger partial charge in [0.2, 0.25) is 0 Å². The summed E-state index contributed by atoms with van der Waals surface area (Å²) in [5, 5.41) is 14.0. The first kappa shape index (κ1) is 14.9. The molecule has 7 nitrogen and oxygen atoms in total. The standard InChI is InChI=1S/C12H18N4O3/c1-2-3-4-10(11(17)18)16-12(19)14-7-9-5-6-13-8-15-9/h5-6,8,10H,2-4,7H2,1H3,(H,17,18)(H2,14,16,19). The van der Waals surface area contributed by atoms with E-state index in [4.69, 9.17) is 5.11 Å². The van der Waals surface area contributed by atoms with Crippen molar-refractivity contribution in [1.82, 2.24) is 20.6 Å². The van der Waals surface area contributed by atoms with Crippen molar-refractivity contribution in [2.24, 2.45) is 0 Å². The predicted molar refractivity (Wildman–Crippen MR) is 68.4 cm³/mol. The van der Waals surface area contributed by atoms with Gasteiger partial charge in [-0.05, 0) is 12.5 Å². The normalized spacial score (nSPS) is 11.6. The van der Waals surface area contributed by atoms with Gasteiger partial charge in [-0.2, -0.15) is 0 Å². The monoisotopic (exact) mass is 266 g/mol. The summed E-state index contributed by atoms with van der Waals surface area (Å²) in [5.41, 5.74) is 0.658. The number of nitrogens with one attached hydrogen (secondary N) is 2. The molecular formula is C12H18N4O3. The molecule has 0 saturated heterocycles. The molecule has 0 spiro atoms. The van der Waals surface area contributed by atoms with Gasteiger partial charge in [0, 0.05) is 6.20 Å². The van der Waals surface area contributed by atoms with Crippen LogP contribution in [0, 0.1) is 0 Å². The molecule has 1 atom stereocenters. The van der Waals surface area contributed by atoms with E-state index in [-0.39, 0.29) is 6.54 Å². The van der Waals surface area contributed by atoms with Crippen molar-refractivity contribution in [3.63, 3.8) is 0 Å². The molecule has 1 rings (SSSR count). The highest BCUT2D eigenvalue weighted by Gasteiger charge is 2.18. The Kier molecular flexibility index (Phi) is 6.28. The average Bonchev–Trinajstić information content (AvgIpc) is 2.42. The number of unbranched alkanes of at least 4 members (excludes halogenated alkanes) is 1. The maximum absolute atomic E-state index is 11.6. The minimum Gasteiger partial charge on any atom is -0.480 e. The molecule has 0 aliphatic rings. The fraction of sp³-hybridized carbons (Fsp3) is 0.500. The van der Waals surface area contributed by atoms with Crippen molar-refractivity contribution in [2.75, 3.05) is 0 Å². The zero-order valence-corrected chi connectivity index (χ0v) is 10.8. The summed E-state index contributed by atoms with van der Waals surface area (Å²) in [7, 11) is 0. The highest BCUT2D eigenvalue weighted by Crippen LogP contribution is 2.00. The third-order valence-electron chi connectivity index (χ3n) is 2.52. The summed E-state index contributed by atoms with van der Waals surface area (Å²) in [6.45, 7) is 2.20. The number of carbonyl (C=O) groups excluding carboxylic acids is 1. The van der Waals surface area contributed by atoms with Gasteiger partial charge >= 0.3 is 12.0 Å². The fourth-order valence-corrected chi connectivity index (χ4v) is 1.47. The molecule has 19 heavy (non-hydrogen) atoms. The lowest BCUT2D eigenvalue weighted by molar-refractivity contribution is -0.139. The zero-order chi connectivity index (χ0) is 14.1. The van der Waals surface area contributed by atoms with Crippen molar-refractivity contribution >= 4 is 12.0 Å². The smallest absolute Gasteiger partial charge is 0.326 e. The van der Waals surface area contributed by atoms with E-state index in [1.54, 1.807) is 12.3 Å². The van der Waals surface area contributed by atoms with Gasteiger partial charge in [-0.25, -0.2) is 19.6 Å². The van der Waals surface area contributed by atoms with Gasteiger partial charge < -0.3 is 15.7 Å². The molecule has 2 amide bonds. The summed E-state index contributed by atoms with van der Waals surface area (Å²) >= 11 is 0. The first-order valence-electron chi connectivity index (χ1n) is 6.15. The number of nitrogens with zero attached hydrogens (tertiary/aromatic N) is 2. The summed E-state index contributed by atoms with van der Waals surface area (Å²) in [4.78, 5) is 30.2. The second-order valence-corrected chi connectivity index (χ2v) is 4.06. The van der Waals surface area contributed by atoms with Crippen LogP contribution < -0.4 is 10.6 Å². The molecule has 1 heterocycles. The first-order valence-corrected chi connectivity index (χ1v) is 6.15. The van der Waals surface area contributed by atoms with Crippen molar-refractivity contribution in [1.29, 1.82) is 0 Å². The minimum absolute atomic E-state index is 0.231. The Labute approximate surface area is 111 Å². The molecule has 0 bridgehead atoms. The minimum atomic E-state index is -1.02. The molecular weight excluding hydrogens is 248 g/mol. The summed E-state index contributed by atoms with van der Waals surface area (Å²) in [6.07, 6.45) is 5.02. The molecule has 1 unspecified atom stereocenters. The van der Waals surface area contributed by atoms with Crippen LogP contribution in [0.3, 0.4) is 0 Å². The summed E-state index contributed by atoms with van der Waals surface area (Å²) in [6, 6.07) is 0.305. The predicted octanol–water partition coefficient (Wildman–Crippen LogP) is 0.919. The van der Waals surface area contributed by atoms with Crippen LogP contribution in [-0.2, 0) is 11.3 Å². The molecule has 7 heteroatoms. The maximum atomic E-state index is 11.6. The van der Waals surface area contributed by atoms with Crippen LogP contribution >= 0.6 is 0 Å². The summed E-state index contributed by atoms with van der Waals surface area (Å²) in [5.74, 6) is -1.02. The zero-order valence-electron chi connectivity index (χ0n) is 10.8. The molecule has 0 aliphatic carbocycles. The lowest BCUT2D eigenvalue weighted by Gasteiger charge is -2.14. The third kappa shape index (κ3) is 5.80. The van der Waals surface area contributed by atoms with Crippen LogP contribution in [0.15, 0.2) is 18.6 Å². The number of carboxylic acid groups (broad SMARTS) is 1. The maximum Gasteiger partial charge on any atom is 0.326 e. The SMILES string of the molecule is CCCCC(NC(=O)NCc1ccncn1)C(=O)O. The molecule has 0 radical (unpaired) electrons. The van der Waals surface area contributed by atoms with E-state index in [1.165, 1.54) is 6.33 Å². The lowest BCUT2D eigenvalue weighted by atomic mass is 10.1. The van der Waals surface area contributed by atoms with E-state index >= 15 is 0 Å². The number of aliphatic carboxylic acids is 1. The van der Waals surface area contributed by atoms with Gasteiger partial charge in [0.25, 0.3) is 0 Å². The second-order valence-electron chi connectivity index (χ2n) is 4.06. The van der Waals surface area contributed by atoms with Gasteiger partial charge in [-0.1, -0.05) is 19.8 Å². The highest BCUT2D eigenvalue weighted by molar-refractivity contribution is 5.82. The van der Waals surface area contributed by atoms with Crippen LogP contribution in [0.1, 0.15) is 31.9 Å². The van der Waals surface area contributed by atoms with Crippen LogP contribution in [0.4, 0.5) is 4.79 Å². The van der Waals surface area contributed by atoms with Gasteiger partial charge in [-0.15, -0.1) is 0 Å². The number of hydrogen-bond donors (Lipinski definition) is 3. The number of carboxylic acids is 1. The van der Waals surface area contributed by atoms with Crippen molar-refractivity contribution in [2.45, 2.75) is 38.8 Å². The second kappa shape index (κ2) is 8.02. The highest BCUT2D eigenvalue weighted by atomic mass is 16.4. The average molecular weight is 266 g/mol. The summed E-state index contributed by atoms with van der Waals surface area (Å²) < 4.78 is 0. The third-order valence-corrected chi connectivity index (χ3v) is 2.52. The number of rotatable bonds is 7. The van der Waals surface area contributed by atoms with E-state index in [2.05, 4.69) is 20.6 Å². The molecule has 104 valence electrons. The van der Waals surface area contributed by atoms with Crippen LogP contribution in [0.25, 0.3) is 0 Å². The van der Waals surface area contributed by atoms with Crippen molar-refractivity contribution in [3.8, 4) is 0 Å². The Morgan fingerprint density at radius 3 is 2.84 bits per heavy atom. The molecule has 3 N–H and O–H groups in total. The van der Waals surface area contributed by atoms with Gasteiger partial charge in [-0.3, -0.25) is 0 Å². The van der Waals surface area contributed by atoms with Crippen LogP contribution in [0.2, 0.25) is 0 Å². The van der Waals surface area contributed by atoms with E-state index < -0.39 is 18.0 Å². The quantitative estimate of drug-likeness (QED) is 0.680. The molecule has 0 fully saturated rings. The molecule has 0 aliphatic heterocycles. The van der Waals surface area contributed by atoms with E-state index in [9.17, 15) is 9.59 Å². The number of carbonyl (C=O) groups is 2. The number of aromatic nitrogens is 2. The number of urea groups is 1. The van der Waals surface area contributed by atoms with Crippen LogP contribution in [0.5, 0.6) is 0 Å². The Hall–Kier alpha value is -2.18. The van der Waals surface area contributed by atoms with Crippen LogP contribution in [-0.4, -0.2) is 33.1 Å². The van der Waals surface area contributed by atoms with E-state index in [1.807, 2.05) is 6.92 Å². The Bertz CT molecular complexity index is 411. The number of amides is 2.